The van der Waals surface area contributed by atoms with E-state index in [1.54, 1.807) is 24.5 Å². The number of nitrogens with one attached hydrogen (secondary N) is 1. The number of aromatic nitrogens is 3. The van der Waals surface area contributed by atoms with Crippen LogP contribution >= 0.6 is 12.2 Å². The van der Waals surface area contributed by atoms with Gasteiger partial charge < -0.3 is 19.9 Å². The van der Waals surface area contributed by atoms with Crippen molar-refractivity contribution in [2.24, 2.45) is 0 Å². The van der Waals surface area contributed by atoms with Crippen LogP contribution in [0.25, 0.3) is 5.69 Å². The van der Waals surface area contributed by atoms with Gasteiger partial charge in [0.05, 0.1) is 35.6 Å². The molecule has 5 rings (SSSR count). The monoisotopic (exact) mass is 483 g/mol. The lowest BCUT2D eigenvalue weighted by Crippen LogP contribution is -2.29. The Kier molecular flexibility index (Phi) is 6.05. The Morgan fingerprint density at radius 2 is 1.74 bits per heavy atom. The van der Waals surface area contributed by atoms with Crippen molar-refractivity contribution in [3.05, 3.63) is 113 Å². The summed E-state index contributed by atoms with van der Waals surface area (Å²) in [4.78, 5) is 22.6. The molecule has 2 atom stereocenters. The number of hydrogen-bond donors (Lipinski definition) is 2. The zero-order valence-corrected chi connectivity index (χ0v) is 20.2. The topological polar surface area (TPSA) is 83.3 Å². The Labute approximate surface area is 209 Å². The first kappa shape index (κ1) is 22.7. The van der Waals surface area contributed by atoms with Crippen molar-refractivity contribution in [1.29, 1.82) is 0 Å². The molecule has 0 unspecified atom stereocenters. The summed E-state index contributed by atoms with van der Waals surface area (Å²) in [5, 5.41) is 13.4. The van der Waals surface area contributed by atoms with Crippen LogP contribution in [-0.4, -0.2) is 35.6 Å². The maximum absolute atomic E-state index is 11.3. The predicted octanol–water partition coefficient (Wildman–Crippen LogP) is 4.76. The van der Waals surface area contributed by atoms with Crippen LogP contribution in [-0.2, 0) is 6.54 Å². The second-order valence-corrected chi connectivity index (χ2v) is 8.98. The van der Waals surface area contributed by atoms with E-state index in [1.165, 1.54) is 0 Å². The number of carboxylic acids is 1. The number of benzene rings is 1. The normalized spacial score (nSPS) is 17.4. The molecule has 8 heteroatoms. The van der Waals surface area contributed by atoms with Crippen LogP contribution in [0.3, 0.4) is 0 Å². The maximum atomic E-state index is 11.3. The first-order chi connectivity index (χ1) is 16.9. The Morgan fingerprint density at radius 3 is 2.37 bits per heavy atom. The fourth-order valence-corrected chi connectivity index (χ4v) is 5.12. The Morgan fingerprint density at radius 1 is 1.03 bits per heavy atom. The van der Waals surface area contributed by atoms with Crippen LogP contribution in [0.4, 0.5) is 0 Å². The first-order valence-corrected chi connectivity index (χ1v) is 11.8. The van der Waals surface area contributed by atoms with Gasteiger partial charge in [-0.1, -0.05) is 12.1 Å². The van der Waals surface area contributed by atoms with Gasteiger partial charge in [-0.05, 0) is 86.2 Å². The lowest BCUT2D eigenvalue weighted by Gasteiger charge is -2.28. The van der Waals surface area contributed by atoms with Gasteiger partial charge in [0.15, 0.2) is 5.11 Å². The summed E-state index contributed by atoms with van der Waals surface area (Å²) in [6, 6.07) is 20.7. The van der Waals surface area contributed by atoms with Crippen molar-refractivity contribution in [1.82, 2.24) is 24.8 Å². The van der Waals surface area contributed by atoms with Crippen LogP contribution in [0.15, 0.2) is 79.1 Å². The molecule has 0 aliphatic carbocycles. The molecule has 1 fully saturated rings. The molecule has 3 aromatic heterocycles. The van der Waals surface area contributed by atoms with Gasteiger partial charge in [0, 0.05) is 29.5 Å². The molecule has 2 N–H and O–H groups in total. The largest absolute Gasteiger partial charge is 0.478 e. The number of aromatic carboxylic acids is 1. The molecular weight excluding hydrogens is 458 g/mol. The molecule has 0 spiro atoms. The van der Waals surface area contributed by atoms with Crippen molar-refractivity contribution < 1.29 is 9.90 Å². The number of hydrogen-bond acceptors (Lipinski definition) is 4. The van der Waals surface area contributed by atoms with E-state index in [4.69, 9.17) is 12.2 Å². The van der Waals surface area contributed by atoms with Crippen molar-refractivity contribution in [2.75, 3.05) is 0 Å². The van der Waals surface area contributed by atoms with E-state index in [0.29, 0.717) is 11.7 Å². The second-order valence-electron chi connectivity index (χ2n) is 8.59. The highest BCUT2D eigenvalue weighted by molar-refractivity contribution is 7.80. The van der Waals surface area contributed by atoms with Gasteiger partial charge in [0.1, 0.15) is 0 Å². The van der Waals surface area contributed by atoms with Crippen LogP contribution in [0.1, 0.15) is 50.8 Å². The fourth-order valence-electron chi connectivity index (χ4n) is 4.82. The van der Waals surface area contributed by atoms with Crippen LogP contribution in [0.5, 0.6) is 0 Å². The quantitative estimate of drug-likeness (QED) is 0.383. The molecule has 176 valence electrons. The molecular formula is C27H25N5O2S. The Bertz CT molecular complexity index is 1370. The van der Waals surface area contributed by atoms with E-state index in [0.717, 1.165) is 34.0 Å². The molecule has 4 heterocycles. The van der Waals surface area contributed by atoms with Gasteiger partial charge in [-0.15, -0.1) is 0 Å². The number of carboxylic acid groups (broad SMARTS) is 1. The maximum Gasteiger partial charge on any atom is 0.335 e. The summed E-state index contributed by atoms with van der Waals surface area (Å²) in [6.45, 7) is 4.71. The fraction of sp³-hybridized carbons (Fsp3) is 0.185. The Hall–Kier alpha value is -4.04. The van der Waals surface area contributed by atoms with E-state index in [9.17, 15) is 9.90 Å². The van der Waals surface area contributed by atoms with Gasteiger partial charge in [0.2, 0.25) is 0 Å². The number of pyridine rings is 2. The summed E-state index contributed by atoms with van der Waals surface area (Å²) in [5.41, 5.74) is 6.27. The minimum absolute atomic E-state index is 0.0994. The average molecular weight is 484 g/mol. The van der Waals surface area contributed by atoms with Gasteiger partial charge >= 0.3 is 5.97 Å². The highest BCUT2D eigenvalue weighted by atomic mass is 32.1. The molecule has 4 aromatic rings. The highest BCUT2D eigenvalue weighted by Gasteiger charge is 2.41. The molecule has 1 aromatic carbocycles. The molecule has 0 amide bonds. The predicted molar refractivity (Wildman–Crippen MR) is 137 cm³/mol. The minimum atomic E-state index is -0.938. The number of carbonyl (C=O) groups is 1. The molecule has 7 nitrogen and oxygen atoms in total. The summed E-state index contributed by atoms with van der Waals surface area (Å²) in [6.07, 6.45) is 3.59. The molecule has 1 aliphatic heterocycles. The number of thiocarbonyl (C=S) groups is 1. The first-order valence-electron chi connectivity index (χ1n) is 11.3. The average Bonchev–Trinajstić information content (AvgIpc) is 3.35. The van der Waals surface area contributed by atoms with Crippen LogP contribution in [0.2, 0.25) is 0 Å². The molecule has 0 saturated carbocycles. The lowest BCUT2D eigenvalue weighted by molar-refractivity contribution is 0.0697. The molecule has 1 saturated heterocycles. The van der Waals surface area contributed by atoms with Crippen molar-refractivity contribution in [3.8, 4) is 5.69 Å². The SMILES string of the molecule is Cc1cc([C@H]2[C@@H](c3ccccn3)NC(=S)N2Cc2ccccn2)c(C)n1-c1ccc(C(=O)O)cc1. The van der Waals surface area contributed by atoms with Crippen molar-refractivity contribution >= 4 is 23.3 Å². The number of aryl methyl sites for hydroxylation is 1. The summed E-state index contributed by atoms with van der Waals surface area (Å²) < 4.78 is 2.15. The zero-order chi connectivity index (χ0) is 24.5. The molecule has 35 heavy (non-hydrogen) atoms. The third-order valence-electron chi connectivity index (χ3n) is 6.42. The summed E-state index contributed by atoms with van der Waals surface area (Å²) in [7, 11) is 0. The summed E-state index contributed by atoms with van der Waals surface area (Å²) >= 11 is 5.81. The van der Waals surface area contributed by atoms with Crippen molar-refractivity contribution in [2.45, 2.75) is 32.5 Å². The van der Waals surface area contributed by atoms with E-state index in [1.807, 2.05) is 48.5 Å². The number of nitrogens with zero attached hydrogens (tertiary/aromatic N) is 4. The molecule has 0 radical (unpaired) electrons. The third-order valence-corrected chi connectivity index (χ3v) is 6.77. The second kappa shape index (κ2) is 9.31. The van der Waals surface area contributed by atoms with E-state index in [-0.39, 0.29) is 17.6 Å². The molecule has 1 aliphatic rings. The smallest absolute Gasteiger partial charge is 0.335 e. The lowest BCUT2D eigenvalue weighted by atomic mass is 9.96. The van der Waals surface area contributed by atoms with E-state index >= 15 is 0 Å². The standard InChI is InChI=1S/C27H25N5O2S/c1-17-15-22(18(2)32(17)21-11-9-19(10-12-21)26(33)34)25-24(23-8-4-6-14-29-23)30-27(35)31(25)16-20-7-3-5-13-28-20/h3-15,24-25H,16H2,1-2H3,(H,30,35)(H,33,34)/t24-,25+/m1/s1. The van der Waals surface area contributed by atoms with Gasteiger partial charge in [0.25, 0.3) is 0 Å². The van der Waals surface area contributed by atoms with Crippen molar-refractivity contribution in [3.63, 3.8) is 0 Å². The van der Waals surface area contributed by atoms with Gasteiger partial charge in [-0.3, -0.25) is 9.97 Å². The zero-order valence-electron chi connectivity index (χ0n) is 19.4. The van der Waals surface area contributed by atoms with Gasteiger partial charge in [-0.25, -0.2) is 4.79 Å². The third kappa shape index (κ3) is 4.28. The van der Waals surface area contributed by atoms with E-state index < -0.39 is 5.97 Å². The van der Waals surface area contributed by atoms with Gasteiger partial charge in [-0.2, -0.15) is 0 Å². The number of rotatable bonds is 6. The highest BCUT2D eigenvalue weighted by Crippen LogP contribution is 2.42. The van der Waals surface area contributed by atoms with E-state index in [2.05, 4.69) is 44.7 Å². The molecule has 0 bridgehead atoms. The van der Waals surface area contributed by atoms with Crippen LogP contribution in [0, 0.1) is 13.8 Å². The minimum Gasteiger partial charge on any atom is -0.478 e. The Balaban J connectivity index is 1.60. The van der Waals surface area contributed by atoms with Crippen LogP contribution < -0.4 is 5.32 Å². The summed E-state index contributed by atoms with van der Waals surface area (Å²) in [5.74, 6) is -0.938.